The molecule has 1 atom stereocenters. The summed E-state index contributed by atoms with van der Waals surface area (Å²) in [7, 11) is 0. The maximum atomic E-state index is 11.8. The Bertz CT molecular complexity index is 527. The van der Waals surface area contributed by atoms with Crippen molar-refractivity contribution in [1.82, 2.24) is 5.32 Å². The lowest BCUT2D eigenvalue weighted by Gasteiger charge is -2.09. The highest BCUT2D eigenvalue weighted by Crippen LogP contribution is 2.21. The van der Waals surface area contributed by atoms with E-state index in [0.29, 0.717) is 30.0 Å². The molecular formula is C14H14ClNO3. The van der Waals surface area contributed by atoms with Crippen molar-refractivity contribution in [2.45, 2.75) is 19.3 Å². The second-order valence-electron chi connectivity index (χ2n) is 4.61. The number of Topliss-reactive ketones (excluding diaryl/α,β-unsaturated/α-hetero) is 2. The molecule has 0 spiro atoms. The van der Waals surface area contributed by atoms with Crippen LogP contribution >= 0.6 is 11.6 Å². The number of ketones is 2. The van der Waals surface area contributed by atoms with Crippen molar-refractivity contribution in [3.05, 3.63) is 34.9 Å². The predicted molar refractivity (Wildman–Crippen MR) is 71.1 cm³/mol. The fourth-order valence-corrected chi connectivity index (χ4v) is 2.38. The molecule has 100 valence electrons. The number of hydrogen-bond acceptors (Lipinski definition) is 3. The molecule has 1 saturated carbocycles. The van der Waals surface area contributed by atoms with Gasteiger partial charge in [-0.2, -0.15) is 0 Å². The largest absolute Gasteiger partial charge is 0.352 e. The van der Waals surface area contributed by atoms with E-state index in [4.69, 9.17) is 11.6 Å². The lowest BCUT2D eigenvalue weighted by molar-refractivity contribution is -0.122. The molecule has 4 nitrogen and oxygen atoms in total. The maximum absolute atomic E-state index is 11.8. The molecule has 1 N–H and O–H groups in total. The van der Waals surface area contributed by atoms with Crippen LogP contribution in [0.2, 0.25) is 5.02 Å². The van der Waals surface area contributed by atoms with Crippen molar-refractivity contribution in [1.29, 1.82) is 0 Å². The van der Waals surface area contributed by atoms with Crippen molar-refractivity contribution in [2.24, 2.45) is 5.92 Å². The summed E-state index contributed by atoms with van der Waals surface area (Å²) in [6.45, 7) is 0.369. The van der Waals surface area contributed by atoms with Gasteiger partial charge in [-0.05, 0) is 18.6 Å². The Labute approximate surface area is 116 Å². The molecule has 2 rings (SSSR count). The Balaban J connectivity index is 1.83. The highest BCUT2D eigenvalue weighted by Gasteiger charge is 2.30. The van der Waals surface area contributed by atoms with Crippen LogP contribution in [-0.2, 0) is 9.59 Å². The van der Waals surface area contributed by atoms with Gasteiger partial charge in [0, 0.05) is 18.9 Å². The number of nitrogens with one attached hydrogen (secondary N) is 1. The first-order valence-corrected chi connectivity index (χ1v) is 6.53. The van der Waals surface area contributed by atoms with Crippen LogP contribution in [-0.4, -0.2) is 24.0 Å². The first-order valence-electron chi connectivity index (χ1n) is 6.15. The van der Waals surface area contributed by atoms with Gasteiger partial charge in [0.15, 0.2) is 0 Å². The third kappa shape index (κ3) is 3.41. The zero-order chi connectivity index (χ0) is 13.8. The minimum atomic E-state index is -0.262. The fraction of sp³-hybridized carbons (Fsp3) is 0.357. The summed E-state index contributed by atoms with van der Waals surface area (Å²) < 4.78 is 0. The van der Waals surface area contributed by atoms with Crippen LogP contribution in [0.3, 0.4) is 0 Å². The Kier molecular flexibility index (Phi) is 4.32. The second-order valence-corrected chi connectivity index (χ2v) is 5.01. The molecule has 1 aliphatic rings. The summed E-state index contributed by atoms with van der Waals surface area (Å²) in [6, 6.07) is 6.78. The Hall–Kier alpha value is -1.68. The number of hydrogen-bond donors (Lipinski definition) is 1. The van der Waals surface area contributed by atoms with E-state index in [2.05, 4.69) is 5.32 Å². The van der Waals surface area contributed by atoms with Crippen LogP contribution in [0, 0.1) is 5.92 Å². The Morgan fingerprint density at radius 1 is 1.32 bits per heavy atom. The van der Waals surface area contributed by atoms with Gasteiger partial charge in [0.05, 0.1) is 17.0 Å². The quantitative estimate of drug-likeness (QED) is 0.858. The second kappa shape index (κ2) is 5.97. The third-order valence-electron chi connectivity index (χ3n) is 3.20. The topological polar surface area (TPSA) is 63.2 Å². The van der Waals surface area contributed by atoms with Crippen LogP contribution in [0.5, 0.6) is 0 Å². The molecule has 0 radical (unpaired) electrons. The van der Waals surface area contributed by atoms with Crippen molar-refractivity contribution < 1.29 is 14.4 Å². The van der Waals surface area contributed by atoms with Crippen molar-refractivity contribution in [3.63, 3.8) is 0 Å². The third-order valence-corrected chi connectivity index (χ3v) is 3.53. The van der Waals surface area contributed by atoms with Crippen LogP contribution in [0.15, 0.2) is 24.3 Å². The summed E-state index contributed by atoms with van der Waals surface area (Å²) in [4.78, 5) is 34.4. The van der Waals surface area contributed by atoms with E-state index in [1.807, 2.05) is 0 Å². The maximum Gasteiger partial charge on any atom is 0.252 e. The normalized spacial score (nSPS) is 18.7. The molecule has 19 heavy (non-hydrogen) atoms. The van der Waals surface area contributed by atoms with Crippen LogP contribution < -0.4 is 5.32 Å². The van der Waals surface area contributed by atoms with Gasteiger partial charge >= 0.3 is 0 Å². The Morgan fingerprint density at radius 2 is 2.05 bits per heavy atom. The lowest BCUT2D eigenvalue weighted by atomic mass is 10.0. The molecule has 0 aromatic heterocycles. The molecule has 1 unspecified atom stereocenters. The zero-order valence-electron chi connectivity index (χ0n) is 10.3. The molecule has 1 aromatic rings. The molecule has 1 amide bonds. The van der Waals surface area contributed by atoms with E-state index in [1.165, 1.54) is 0 Å². The number of halogens is 1. The highest BCUT2D eigenvalue weighted by atomic mass is 35.5. The van der Waals surface area contributed by atoms with Crippen LogP contribution in [0.25, 0.3) is 0 Å². The molecule has 0 bridgehead atoms. The zero-order valence-corrected chi connectivity index (χ0v) is 11.1. The standard InChI is InChI=1S/C14H14ClNO3/c15-12-4-2-1-3-11(12)14(19)16-6-5-9-7-10(17)8-13(9)18/h1-4,9H,5-8H2,(H,16,19). The summed E-state index contributed by atoms with van der Waals surface area (Å²) in [5.74, 6) is -0.522. The van der Waals surface area contributed by atoms with Gasteiger partial charge in [-0.25, -0.2) is 0 Å². The number of benzene rings is 1. The monoisotopic (exact) mass is 279 g/mol. The van der Waals surface area contributed by atoms with Gasteiger partial charge in [0.1, 0.15) is 11.6 Å². The van der Waals surface area contributed by atoms with Crippen molar-refractivity contribution in [2.75, 3.05) is 6.54 Å². The molecule has 0 heterocycles. The summed E-state index contributed by atoms with van der Waals surface area (Å²) in [6.07, 6.45) is 0.852. The first kappa shape index (κ1) is 13.7. The average molecular weight is 280 g/mol. The molecular weight excluding hydrogens is 266 g/mol. The number of amides is 1. The number of carbonyl (C=O) groups is 3. The van der Waals surface area contributed by atoms with E-state index >= 15 is 0 Å². The fourth-order valence-electron chi connectivity index (χ4n) is 2.16. The molecule has 1 fully saturated rings. The SMILES string of the molecule is O=C1CC(=O)C(CCNC(=O)c2ccccc2Cl)C1. The molecule has 0 saturated heterocycles. The van der Waals surface area contributed by atoms with Gasteiger partial charge in [0.25, 0.3) is 5.91 Å². The molecule has 5 heteroatoms. The number of rotatable bonds is 4. The molecule has 0 aliphatic heterocycles. The van der Waals surface area contributed by atoms with Crippen molar-refractivity contribution >= 4 is 29.1 Å². The smallest absolute Gasteiger partial charge is 0.252 e. The van der Waals surface area contributed by atoms with E-state index in [-0.39, 0.29) is 29.8 Å². The minimum Gasteiger partial charge on any atom is -0.352 e. The lowest BCUT2D eigenvalue weighted by Crippen LogP contribution is -2.26. The van der Waals surface area contributed by atoms with Crippen LogP contribution in [0.1, 0.15) is 29.6 Å². The summed E-state index contributed by atoms with van der Waals surface area (Å²) in [5, 5.41) is 3.11. The molecule has 1 aromatic carbocycles. The van der Waals surface area contributed by atoms with E-state index in [0.717, 1.165) is 0 Å². The Morgan fingerprint density at radius 3 is 2.68 bits per heavy atom. The predicted octanol–water partition coefficient (Wildman–Crippen LogP) is 2.01. The van der Waals surface area contributed by atoms with Crippen molar-refractivity contribution in [3.8, 4) is 0 Å². The van der Waals surface area contributed by atoms with E-state index < -0.39 is 0 Å². The van der Waals surface area contributed by atoms with E-state index in [9.17, 15) is 14.4 Å². The van der Waals surface area contributed by atoms with Gasteiger partial charge in [-0.1, -0.05) is 23.7 Å². The minimum absolute atomic E-state index is 0.00701. The highest BCUT2D eigenvalue weighted by molar-refractivity contribution is 6.33. The van der Waals surface area contributed by atoms with E-state index in [1.54, 1.807) is 24.3 Å². The van der Waals surface area contributed by atoms with Gasteiger partial charge < -0.3 is 5.32 Å². The first-order chi connectivity index (χ1) is 9.08. The summed E-state index contributed by atoms with van der Waals surface area (Å²) >= 11 is 5.91. The molecule has 1 aliphatic carbocycles. The van der Waals surface area contributed by atoms with Gasteiger partial charge in [0.2, 0.25) is 0 Å². The summed E-state index contributed by atoms with van der Waals surface area (Å²) in [5.41, 5.74) is 0.415. The number of carbonyl (C=O) groups excluding carboxylic acids is 3. The average Bonchev–Trinajstić information content (AvgIpc) is 2.68. The van der Waals surface area contributed by atoms with Gasteiger partial charge in [-0.3, -0.25) is 14.4 Å². The van der Waals surface area contributed by atoms with Gasteiger partial charge in [-0.15, -0.1) is 0 Å². The van der Waals surface area contributed by atoms with Crippen LogP contribution in [0.4, 0.5) is 0 Å².